The number of alkyl carbamates (subject to hydrolysis) is 1. The van der Waals surface area contributed by atoms with Gasteiger partial charge in [-0.3, -0.25) is 4.68 Å². The van der Waals surface area contributed by atoms with E-state index in [9.17, 15) is 4.79 Å². The highest BCUT2D eigenvalue weighted by atomic mass is 16.6. The normalized spacial score (nSPS) is 19.0. The highest BCUT2D eigenvalue weighted by Gasteiger charge is 2.32. The molecule has 1 aliphatic rings. The van der Waals surface area contributed by atoms with Crippen LogP contribution in [0.2, 0.25) is 0 Å². The van der Waals surface area contributed by atoms with Crippen molar-refractivity contribution < 1.29 is 9.53 Å². The highest BCUT2D eigenvalue weighted by Crippen LogP contribution is 2.38. The Bertz CT molecular complexity index is 778. The van der Waals surface area contributed by atoms with Crippen molar-refractivity contribution in [3.05, 3.63) is 53.3 Å². The molecule has 1 heterocycles. The SMILES string of the molecule is Cn1cc(CCCNC2CC(NC(=O)OC(C)(C)C)c3ccccc32)cn1. The van der Waals surface area contributed by atoms with E-state index in [-0.39, 0.29) is 18.2 Å². The van der Waals surface area contributed by atoms with E-state index < -0.39 is 5.60 Å². The lowest BCUT2D eigenvalue weighted by Crippen LogP contribution is -2.34. The number of fused-ring (bicyclic) bond motifs is 1. The average Bonchev–Trinajstić information content (AvgIpc) is 3.14. The minimum atomic E-state index is -0.494. The number of rotatable bonds is 6. The van der Waals surface area contributed by atoms with Crippen molar-refractivity contribution in [2.75, 3.05) is 6.54 Å². The molecule has 2 aromatic rings. The second-order valence-corrected chi connectivity index (χ2v) is 8.20. The molecule has 6 heteroatoms. The van der Waals surface area contributed by atoms with E-state index in [2.05, 4.69) is 40.1 Å². The standard InChI is InChI=1S/C21H30N4O2/c1-21(2,3)27-20(26)24-19-12-18(16-9-5-6-10-17(16)19)22-11-7-8-15-13-23-25(4)14-15/h5-6,9-10,13-14,18-19,22H,7-8,11-12H2,1-4H3,(H,24,26). The zero-order valence-electron chi connectivity index (χ0n) is 16.7. The summed E-state index contributed by atoms with van der Waals surface area (Å²) in [5, 5.41) is 10.9. The number of hydrogen-bond donors (Lipinski definition) is 2. The van der Waals surface area contributed by atoms with E-state index >= 15 is 0 Å². The summed E-state index contributed by atoms with van der Waals surface area (Å²) in [5.74, 6) is 0. The van der Waals surface area contributed by atoms with Gasteiger partial charge in [-0.25, -0.2) is 4.79 Å². The number of nitrogens with zero attached hydrogens (tertiary/aromatic N) is 2. The van der Waals surface area contributed by atoms with Crippen LogP contribution in [0.5, 0.6) is 0 Å². The first-order chi connectivity index (χ1) is 12.8. The average molecular weight is 370 g/mol. The molecule has 1 aliphatic carbocycles. The van der Waals surface area contributed by atoms with Crippen molar-refractivity contribution in [1.82, 2.24) is 20.4 Å². The summed E-state index contributed by atoms with van der Waals surface area (Å²) in [5.41, 5.74) is 3.20. The second kappa shape index (κ2) is 8.13. The van der Waals surface area contributed by atoms with E-state index in [4.69, 9.17) is 4.74 Å². The third-order valence-electron chi connectivity index (χ3n) is 4.70. The number of carbonyl (C=O) groups is 1. The van der Waals surface area contributed by atoms with E-state index in [0.717, 1.165) is 25.8 Å². The molecule has 1 amide bonds. The van der Waals surface area contributed by atoms with Crippen LogP contribution >= 0.6 is 0 Å². The Hall–Kier alpha value is -2.34. The molecule has 3 rings (SSSR count). The van der Waals surface area contributed by atoms with Gasteiger partial charge in [0.15, 0.2) is 0 Å². The molecule has 1 aromatic heterocycles. The fourth-order valence-electron chi connectivity index (χ4n) is 3.58. The maximum Gasteiger partial charge on any atom is 0.408 e. The summed E-state index contributed by atoms with van der Waals surface area (Å²) >= 11 is 0. The number of hydrogen-bond acceptors (Lipinski definition) is 4. The quantitative estimate of drug-likeness (QED) is 0.762. The number of carbonyl (C=O) groups excluding carboxylic acids is 1. The van der Waals surface area contributed by atoms with Crippen LogP contribution in [-0.2, 0) is 18.2 Å². The topological polar surface area (TPSA) is 68.2 Å². The summed E-state index contributed by atoms with van der Waals surface area (Å²) in [6, 6.07) is 8.54. The van der Waals surface area contributed by atoms with Crippen molar-refractivity contribution in [2.45, 2.75) is 57.7 Å². The van der Waals surface area contributed by atoms with Crippen LogP contribution in [-0.4, -0.2) is 28.0 Å². The molecule has 2 N–H and O–H groups in total. The largest absolute Gasteiger partial charge is 0.444 e. The molecule has 1 aromatic carbocycles. The van der Waals surface area contributed by atoms with Crippen LogP contribution in [0.25, 0.3) is 0 Å². The molecule has 27 heavy (non-hydrogen) atoms. The Labute approximate surface area is 161 Å². The van der Waals surface area contributed by atoms with Gasteiger partial charge in [0.2, 0.25) is 0 Å². The van der Waals surface area contributed by atoms with Gasteiger partial charge in [0.25, 0.3) is 0 Å². The van der Waals surface area contributed by atoms with Gasteiger partial charge in [0, 0.05) is 19.3 Å². The molecule has 0 radical (unpaired) electrons. The number of amides is 1. The van der Waals surface area contributed by atoms with E-state index in [0.29, 0.717) is 0 Å². The summed E-state index contributed by atoms with van der Waals surface area (Å²) < 4.78 is 7.26. The number of ether oxygens (including phenoxy) is 1. The van der Waals surface area contributed by atoms with Gasteiger partial charge in [0.05, 0.1) is 12.2 Å². The Morgan fingerprint density at radius 2 is 1.96 bits per heavy atom. The maximum atomic E-state index is 12.2. The van der Waals surface area contributed by atoms with Gasteiger partial charge in [0.1, 0.15) is 5.60 Å². The minimum Gasteiger partial charge on any atom is -0.444 e. The Kier molecular flexibility index (Phi) is 5.85. The first kappa shape index (κ1) is 19.4. The first-order valence-electron chi connectivity index (χ1n) is 9.61. The molecule has 2 atom stereocenters. The Balaban J connectivity index is 1.55. The molecule has 0 saturated heterocycles. The fourth-order valence-corrected chi connectivity index (χ4v) is 3.58. The third-order valence-corrected chi connectivity index (χ3v) is 4.70. The molecule has 2 unspecified atom stereocenters. The van der Waals surface area contributed by atoms with Crippen LogP contribution in [0, 0.1) is 0 Å². The van der Waals surface area contributed by atoms with Crippen LogP contribution in [0.4, 0.5) is 4.79 Å². The predicted molar refractivity (Wildman–Crippen MR) is 105 cm³/mol. The van der Waals surface area contributed by atoms with Crippen molar-refractivity contribution in [2.24, 2.45) is 7.05 Å². The maximum absolute atomic E-state index is 12.2. The Morgan fingerprint density at radius 3 is 2.59 bits per heavy atom. The van der Waals surface area contributed by atoms with Crippen LogP contribution in [0.1, 0.15) is 62.4 Å². The van der Waals surface area contributed by atoms with E-state index in [1.807, 2.05) is 44.8 Å². The van der Waals surface area contributed by atoms with Gasteiger partial charge in [-0.15, -0.1) is 0 Å². The van der Waals surface area contributed by atoms with Gasteiger partial charge < -0.3 is 15.4 Å². The lowest BCUT2D eigenvalue weighted by molar-refractivity contribution is 0.0502. The number of benzene rings is 1. The first-order valence-corrected chi connectivity index (χ1v) is 9.61. The molecular formula is C21H30N4O2. The fraction of sp³-hybridized carbons (Fsp3) is 0.524. The van der Waals surface area contributed by atoms with Gasteiger partial charge >= 0.3 is 6.09 Å². The number of aromatic nitrogens is 2. The lowest BCUT2D eigenvalue weighted by atomic mass is 10.1. The molecule has 0 saturated carbocycles. The monoisotopic (exact) mass is 370 g/mol. The van der Waals surface area contributed by atoms with Crippen molar-refractivity contribution in [3.63, 3.8) is 0 Å². The van der Waals surface area contributed by atoms with Gasteiger partial charge in [-0.1, -0.05) is 24.3 Å². The van der Waals surface area contributed by atoms with Crippen LogP contribution in [0.15, 0.2) is 36.7 Å². The molecule has 0 bridgehead atoms. The van der Waals surface area contributed by atoms with Gasteiger partial charge in [-0.05, 0) is 63.3 Å². The van der Waals surface area contributed by atoms with E-state index in [1.165, 1.54) is 16.7 Å². The molecule has 146 valence electrons. The molecular weight excluding hydrogens is 340 g/mol. The minimum absolute atomic E-state index is 0.0214. The van der Waals surface area contributed by atoms with Crippen LogP contribution < -0.4 is 10.6 Å². The second-order valence-electron chi connectivity index (χ2n) is 8.20. The lowest BCUT2D eigenvalue weighted by Gasteiger charge is -2.22. The van der Waals surface area contributed by atoms with Gasteiger partial charge in [-0.2, -0.15) is 5.10 Å². The smallest absolute Gasteiger partial charge is 0.408 e. The third kappa shape index (κ3) is 5.32. The highest BCUT2D eigenvalue weighted by molar-refractivity contribution is 5.68. The predicted octanol–water partition coefficient (Wildman–Crippen LogP) is 3.65. The summed E-state index contributed by atoms with van der Waals surface area (Å²) in [4.78, 5) is 12.2. The summed E-state index contributed by atoms with van der Waals surface area (Å²) in [6.07, 6.45) is 6.52. The summed E-state index contributed by atoms with van der Waals surface area (Å²) in [7, 11) is 1.94. The number of aryl methyl sites for hydroxylation is 2. The van der Waals surface area contributed by atoms with Crippen molar-refractivity contribution in [3.8, 4) is 0 Å². The molecule has 0 aliphatic heterocycles. The van der Waals surface area contributed by atoms with Crippen LogP contribution in [0.3, 0.4) is 0 Å². The summed E-state index contributed by atoms with van der Waals surface area (Å²) in [6.45, 7) is 6.55. The van der Waals surface area contributed by atoms with Crippen molar-refractivity contribution in [1.29, 1.82) is 0 Å². The number of nitrogens with one attached hydrogen (secondary N) is 2. The van der Waals surface area contributed by atoms with E-state index in [1.54, 1.807) is 0 Å². The zero-order chi connectivity index (χ0) is 19.4. The molecule has 0 spiro atoms. The molecule has 0 fully saturated rings. The molecule has 6 nitrogen and oxygen atoms in total. The zero-order valence-corrected chi connectivity index (χ0v) is 16.7. The Morgan fingerprint density at radius 1 is 1.26 bits per heavy atom. The van der Waals surface area contributed by atoms with Crippen molar-refractivity contribution >= 4 is 6.09 Å².